The highest BCUT2D eigenvalue weighted by Gasteiger charge is 2.25. The molecule has 5 aromatic rings. The van der Waals surface area contributed by atoms with Gasteiger partial charge < -0.3 is 5.32 Å². The fraction of sp³-hybridized carbons (Fsp3) is 0.0385. The number of anilines is 2. The van der Waals surface area contributed by atoms with E-state index in [1.807, 2.05) is 18.2 Å². The lowest BCUT2D eigenvalue weighted by molar-refractivity contribution is -0.633. The van der Waals surface area contributed by atoms with E-state index in [-0.39, 0.29) is 0 Å². The zero-order valence-electron chi connectivity index (χ0n) is 16.3. The van der Waals surface area contributed by atoms with Crippen molar-refractivity contribution in [3.05, 3.63) is 109 Å². The van der Waals surface area contributed by atoms with Crippen LogP contribution in [-0.2, 0) is 7.05 Å². The Morgan fingerprint density at radius 3 is 1.93 bits per heavy atom. The molecule has 0 aliphatic rings. The first kappa shape index (κ1) is 17.3. The summed E-state index contributed by atoms with van der Waals surface area (Å²) >= 11 is 0. The minimum Gasteiger partial charge on any atom is -0.356 e. The van der Waals surface area contributed by atoms with Crippen LogP contribution in [0.1, 0.15) is 0 Å². The molecule has 0 saturated carbocycles. The minimum atomic E-state index is 1.07. The van der Waals surface area contributed by atoms with Gasteiger partial charge in [-0.3, -0.25) is 0 Å². The highest BCUT2D eigenvalue weighted by molar-refractivity contribution is 5.79. The Labute approximate surface area is 170 Å². The Hall–Kier alpha value is -3.85. The lowest BCUT2D eigenvalue weighted by Gasteiger charge is -2.07. The van der Waals surface area contributed by atoms with Crippen LogP contribution in [0.2, 0.25) is 0 Å². The van der Waals surface area contributed by atoms with Crippen LogP contribution in [0.15, 0.2) is 109 Å². The second kappa shape index (κ2) is 7.28. The van der Waals surface area contributed by atoms with Crippen LogP contribution in [0, 0.1) is 0 Å². The van der Waals surface area contributed by atoms with Crippen molar-refractivity contribution in [2.24, 2.45) is 7.05 Å². The molecule has 0 radical (unpaired) electrons. The van der Waals surface area contributed by atoms with E-state index in [1.54, 1.807) is 0 Å². The first-order chi connectivity index (χ1) is 14.3. The normalized spacial score (nSPS) is 10.9. The predicted octanol–water partition coefficient (Wildman–Crippen LogP) is 5.87. The van der Waals surface area contributed by atoms with Crippen LogP contribution in [0.4, 0.5) is 11.4 Å². The Balaban J connectivity index is 1.62. The molecule has 0 bridgehead atoms. The van der Waals surface area contributed by atoms with E-state index in [1.165, 1.54) is 16.6 Å². The first-order valence-electron chi connectivity index (χ1n) is 9.79. The molecule has 1 heterocycles. The third-order valence-electron chi connectivity index (χ3n) is 5.23. The quantitative estimate of drug-likeness (QED) is 0.389. The summed E-state index contributed by atoms with van der Waals surface area (Å²) in [5, 5.41) is 3.46. The van der Waals surface area contributed by atoms with Crippen LogP contribution in [0.25, 0.3) is 28.1 Å². The van der Waals surface area contributed by atoms with Crippen molar-refractivity contribution in [3.8, 4) is 17.1 Å². The topological polar surface area (TPSA) is 20.8 Å². The highest BCUT2D eigenvalue weighted by atomic mass is 15.2. The molecule has 0 fully saturated rings. The summed E-state index contributed by atoms with van der Waals surface area (Å²) in [5.74, 6) is 1.16. The van der Waals surface area contributed by atoms with Crippen molar-refractivity contribution in [3.63, 3.8) is 0 Å². The van der Waals surface area contributed by atoms with E-state index in [9.17, 15) is 0 Å². The number of rotatable bonds is 4. The van der Waals surface area contributed by atoms with Crippen LogP contribution in [0.5, 0.6) is 0 Å². The maximum Gasteiger partial charge on any atom is 0.294 e. The average Bonchev–Trinajstić information content (AvgIpc) is 3.08. The number of nitrogens with zero attached hydrogens (tertiary/aromatic N) is 2. The maximum absolute atomic E-state index is 3.46. The molecule has 0 unspecified atom stereocenters. The van der Waals surface area contributed by atoms with Crippen molar-refractivity contribution < 1.29 is 4.57 Å². The van der Waals surface area contributed by atoms with Crippen LogP contribution in [0.3, 0.4) is 0 Å². The Kier molecular flexibility index (Phi) is 4.34. The van der Waals surface area contributed by atoms with E-state index in [4.69, 9.17) is 0 Å². The summed E-state index contributed by atoms with van der Waals surface area (Å²) < 4.78 is 4.59. The van der Waals surface area contributed by atoms with Crippen LogP contribution >= 0.6 is 0 Å². The van der Waals surface area contributed by atoms with E-state index in [0.717, 1.165) is 22.9 Å². The standard InChI is InChI=1S/C26H21N3/c1-28-24-14-8-9-15-25(24)29(23-12-6-3-7-13-23)26(28)20-16-18-22(19-17-20)27-21-10-4-2-5-11-21/h2-19H,1H3/p+1. The fourth-order valence-corrected chi connectivity index (χ4v) is 3.87. The molecule has 0 atom stereocenters. The lowest BCUT2D eigenvalue weighted by Crippen LogP contribution is -2.30. The summed E-state index contributed by atoms with van der Waals surface area (Å²) in [6, 6.07) is 37.9. The molecule has 0 aliphatic carbocycles. The number of benzene rings is 4. The highest BCUT2D eigenvalue weighted by Crippen LogP contribution is 2.28. The zero-order valence-corrected chi connectivity index (χ0v) is 16.3. The van der Waals surface area contributed by atoms with Gasteiger partial charge in [0, 0.05) is 11.4 Å². The van der Waals surface area contributed by atoms with Crippen molar-refractivity contribution in [2.75, 3.05) is 5.32 Å². The van der Waals surface area contributed by atoms with E-state index in [0.29, 0.717) is 0 Å². The molecule has 0 amide bonds. The zero-order chi connectivity index (χ0) is 19.6. The Morgan fingerprint density at radius 1 is 0.621 bits per heavy atom. The molecule has 140 valence electrons. The minimum absolute atomic E-state index is 1.07. The molecule has 5 rings (SSSR count). The molecule has 4 aromatic carbocycles. The molecule has 0 saturated heterocycles. The Morgan fingerprint density at radius 2 is 1.21 bits per heavy atom. The Bertz CT molecular complexity index is 1250. The number of nitrogens with one attached hydrogen (secondary N) is 1. The van der Waals surface area contributed by atoms with Gasteiger partial charge in [0.1, 0.15) is 5.69 Å². The molecule has 0 spiro atoms. The number of hydrogen-bond donors (Lipinski definition) is 1. The second-order valence-electron chi connectivity index (χ2n) is 7.11. The SMILES string of the molecule is C[n+]1c(-c2ccc(Nc3ccccc3)cc2)n(-c2ccccc2)c2ccccc21. The third-order valence-corrected chi connectivity index (χ3v) is 5.23. The van der Waals surface area contributed by atoms with Crippen LogP contribution in [-0.4, -0.2) is 4.57 Å². The summed E-state index contributed by atoms with van der Waals surface area (Å²) in [5.41, 5.74) is 6.90. The van der Waals surface area contributed by atoms with Crippen molar-refractivity contribution in [2.45, 2.75) is 0 Å². The van der Waals surface area contributed by atoms with Crippen molar-refractivity contribution >= 4 is 22.4 Å². The number of imidazole rings is 1. The largest absolute Gasteiger partial charge is 0.356 e. The van der Waals surface area contributed by atoms with Gasteiger partial charge in [-0.25, -0.2) is 4.57 Å². The van der Waals surface area contributed by atoms with E-state index < -0.39 is 0 Å². The van der Waals surface area contributed by atoms with Gasteiger partial charge >= 0.3 is 0 Å². The molecular weight excluding hydrogens is 354 g/mol. The van der Waals surface area contributed by atoms with Gasteiger partial charge in [0.2, 0.25) is 0 Å². The summed E-state index contributed by atoms with van der Waals surface area (Å²) in [7, 11) is 2.13. The summed E-state index contributed by atoms with van der Waals surface area (Å²) in [6.07, 6.45) is 0. The second-order valence-corrected chi connectivity index (χ2v) is 7.11. The van der Waals surface area contributed by atoms with Crippen molar-refractivity contribution in [1.29, 1.82) is 0 Å². The van der Waals surface area contributed by atoms with Crippen LogP contribution < -0.4 is 9.88 Å². The summed E-state index contributed by atoms with van der Waals surface area (Å²) in [4.78, 5) is 0. The molecule has 1 N–H and O–H groups in total. The van der Waals surface area contributed by atoms with Crippen molar-refractivity contribution in [1.82, 2.24) is 4.57 Å². The summed E-state index contributed by atoms with van der Waals surface area (Å²) in [6.45, 7) is 0. The number of aromatic nitrogens is 2. The third kappa shape index (κ3) is 3.17. The first-order valence-corrected chi connectivity index (χ1v) is 9.79. The van der Waals surface area contributed by atoms with Gasteiger partial charge in [-0.05, 0) is 60.7 Å². The monoisotopic (exact) mass is 376 g/mol. The molecule has 3 heteroatoms. The number of hydrogen-bond acceptors (Lipinski definition) is 1. The number of aryl methyl sites for hydroxylation is 1. The van der Waals surface area contributed by atoms with Gasteiger partial charge in [0.05, 0.1) is 12.6 Å². The number of para-hydroxylation sites is 4. The lowest BCUT2D eigenvalue weighted by atomic mass is 10.1. The van der Waals surface area contributed by atoms with Gasteiger partial charge in [0.15, 0.2) is 11.0 Å². The smallest absolute Gasteiger partial charge is 0.294 e. The van der Waals surface area contributed by atoms with Gasteiger partial charge in [0.25, 0.3) is 5.82 Å². The molecule has 29 heavy (non-hydrogen) atoms. The average molecular weight is 376 g/mol. The molecule has 0 aliphatic heterocycles. The van der Waals surface area contributed by atoms with Gasteiger partial charge in [-0.15, -0.1) is 0 Å². The predicted molar refractivity (Wildman–Crippen MR) is 120 cm³/mol. The van der Waals surface area contributed by atoms with Gasteiger partial charge in [-0.1, -0.05) is 48.5 Å². The molecule has 1 aromatic heterocycles. The molecule has 3 nitrogen and oxygen atoms in total. The van der Waals surface area contributed by atoms with E-state index in [2.05, 4.69) is 112 Å². The molecular formula is C26H22N3+. The maximum atomic E-state index is 3.46. The number of fused-ring (bicyclic) bond motifs is 1. The van der Waals surface area contributed by atoms with Gasteiger partial charge in [-0.2, -0.15) is 4.57 Å². The fourth-order valence-electron chi connectivity index (χ4n) is 3.87. The van der Waals surface area contributed by atoms with E-state index >= 15 is 0 Å².